The van der Waals surface area contributed by atoms with Crippen molar-refractivity contribution in [3.05, 3.63) is 95.8 Å². The first-order valence-electron chi connectivity index (χ1n) is 8.52. The Morgan fingerprint density at radius 1 is 0.889 bits per heavy atom. The molecule has 3 aromatic carbocycles. The molecule has 1 amide bonds. The van der Waals surface area contributed by atoms with Crippen molar-refractivity contribution in [3.8, 4) is 11.5 Å². The van der Waals surface area contributed by atoms with Crippen LogP contribution < -0.4 is 14.8 Å². The van der Waals surface area contributed by atoms with Crippen LogP contribution in [0.1, 0.15) is 17.2 Å². The minimum absolute atomic E-state index is 0.128. The molecule has 1 N–H and O–H groups in total. The second-order valence-electron chi connectivity index (χ2n) is 5.93. The van der Waals surface area contributed by atoms with E-state index in [4.69, 9.17) is 9.47 Å². The molecule has 0 aliphatic carbocycles. The average Bonchev–Trinajstić information content (AvgIpc) is 2.72. The molecule has 0 spiro atoms. The number of ether oxygens (including phenoxy) is 2. The van der Waals surface area contributed by atoms with Crippen molar-refractivity contribution in [1.82, 2.24) is 5.32 Å². The number of amides is 1. The molecular formula is C22H20FNO3. The van der Waals surface area contributed by atoms with Gasteiger partial charge in [0.25, 0.3) is 5.91 Å². The molecule has 4 nitrogen and oxygen atoms in total. The van der Waals surface area contributed by atoms with Gasteiger partial charge in [-0.3, -0.25) is 4.79 Å². The number of nitrogens with one attached hydrogen (secondary N) is 1. The molecule has 1 atom stereocenters. The van der Waals surface area contributed by atoms with E-state index in [0.29, 0.717) is 11.5 Å². The Morgan fingerprint density at radius 3 is 2.11 bits per heavy atom. The molecule has 138 valence electrons. The van der Waals surface area contributed by atoms with Crippen molar-refractivity contribution in [2.45, 2.75) is 6.04 Å². The topological polar surface area (TPSA) is 47.6 Å². The second-order valence-corrected chi connectivity index (χ2v) is 5.93. The minimum Gasteiger partial charge on any atom is -0.497 e. The van der Waals surface area contributed by atoms with Gasteiger partial charge in [0.15, 0.2) is 6.61 Å². The van der Waals surface area contributed by atoms with Crippen LogP contribution >= 0.6 is 0 Å². The Labute approximate surface area is 157 Å². The van der Waals surface area contributed by atoms with Crippen LogP contribution in [-0.4, -0.2) is 19.6 Å². The molecule has 0 saturated heterocycles. The maximum absolute atomic E-state index is 13.3. The molecule has 0 saturated carbocycles. The highest BCUT2D eigenvalue weighted by molar-refractivity contribution is 5.78. The van der Waals surface area contributed by atoms with E-state index < -0.39 is 6.04 Å². The van der Waals surface area contributed by atoms with E-state index in [1.807, 2.05) is 30.3 Å². The molecule has 0 radical (unpaired) electrons. The summed E-state index contributed by atoms with van der Waals surface area (Å²) in [4.78, 5) is 12.4. The molecule has 0 bridgehead atoms. The Balaban J connectivity index is 1.69. The van der Waals surface area contributed by atoms with Gasteiger partial charge < -0.3 is 14.8 Å². The predicted molar refractivity (Wildman–Crippen MR) is 101 cm³/mol. The molecule has 3 rings (SSSR count). The number of halogens is 1. The normalized spacial score (nSPS) is 11.5. The lowest BCUT2D eigenvalue weighted by atomic mass is 9.98. The van der Waals surface area contributed by atoms with Crippen molar-refractivity contribution in [1.29, 1.82) is 0 Å². The van der Waals surface area contributed by atoms with E-state index >= 15 is 0 Å². The van der Waals surface area contributed by atoms with Crippen LogP contribution in [0.15, 0.2) is 78.9 Å². The fourth-order valence-corrected chi connectivity index (χ4v) is 2.68. The van der Waals surface area contributed by atoms with Gasteiger partial charge in [0.1, 0.15) is 17.3 Å². The maximum Gasteiger partial charge on any atom is 0.258 e. The van der Waals surface area contributed by atoms with Crippen LogP contribution in [-0.2, 0) is 4.79 Å². The minimum atomic E-state index is -0.390. The van der Waals surface area contributed by atoms with E-state index in [1.165, 1.54) is 12.1 Å². The molecule has 5 heteroatoms. The fraction of sp³-hybridized carbons (Fsp3) is 0.136. The Hall–Kier alpha value is -3.34. The number of rotatable bonds is 7. The van der Waals surface area contributed by atoms with Crippen LogP contribution in [0.3, 0.4) is 0 Å². The Bertz CT molecular complexity index is 864. The zero-order chi connectivity index (χ0) is 19.1. The van der Waals surface area contributed by atoms with Crippen molar-refractivity contribution in [2.24, 2.45) is 0 Å². The molecule has 3 aromatic rings. The third kappa shape index (κ3) is 5.07. The number of hydrogen-bond donors (Lipinski definition) is 1. The largest absolute Gasteiger partial charge is 0.497 e. The van der Waals surface area contributed by atoms with Crippen LogP contribution in [0.5, 0.6) is 11.5 Å². The monoisotopic (exact) mass is 365 g/mol. The molecule has 0 aliphatic heterocycles. The fourth-order valence-electron chi connectivity index (χ4n) is 2.68. The van der Waals surface area contributed by atoms with Crippen LogP contribution in [0.4, 0.5) is 4.39 Å². The van der Waals surface area contributed by atoms with Gasteiger partial charge >= 0.3 is 0 Å². The van der Waals surface area contributed by atoms with Gasteiger partial charge in [-0.05, 0) is 47.5 Å². The lowest BCUT2D eigenvalue weighted by molar-refractivity contribution is -0.123. The summed E-state index contributed by atoms with van der Waals surface area (Å²) in [6.45, 7) is -0.128. The first kappa shape index (κ1) is 18.5. The summed E-state index contributed by atoms with van der Waals surface area (Å²) in [5.41, 5.74) is 1.70. The zero-order valence-electron chi connectivity index (χ0n) is 14.9. The third-order valence-electron chi connectivity index (χ3n) is 4.07. The highest BCUT2D eigenvalue weighted by Gasteiger charge is 2.17. The maximum atomic E-state index is 13.3. The molecule has 1 unspecified atom stereocenters. The van der Waals surface area contributed by atoms with Crippen LogP contribution in [0.2, 0.25) is 0 Å². The predicted octanol–water partition coefficient (Wildman–Crippen LogP) is 4.12. The van der Waals surface area contributed by atoms with Crippen molar-refractivity contribution in [2.75, 3.05) is 13.7 Å². The molecule has 27 heavy (non-hydrogen) atoms. The van der Waals surface area contributed by atoms with E-state index in [9.17, 15) is 9.18 Å². The highest BCUT2D eigenvalue weighted by Crippen LogP contribution is 2.22. The number of benzene rings is 3. The Morgan fingerprint density at radius 2 is 1.48 bits per heavy atom. The SMILES string of the molecule is COc1ccc(OCC(=O)NC(c2ccccc2)c2ccc(F)cc2)cc1. The van der Waals surface area contributed by atoms with Crippen LogP contribution in [0, 0.1) is 5.82 Å². The standard InChI is InChI=1S/C22H20FNO3/c1-26-19-11-13-20(14-12-19)27-15-21(25)24-22(16-5-3-2-4-6-16)17-7-9-18(23)10-8-17/h2-14,22H,15H2,1H3,(H,24,25). The summed E-state index contributed by atoms with van der Waals surface area (Å²) in [5.74, 6) is 0.694. The lowest BCUT2D eigenvalue weighted by Crippen LogP contribution is -2.33. The number of carbonyl (C=O) groups is 1. The van der Waals surface area contributed by atoms with E-state index in [-0.39, 0.29) is 18.3 Å². The lowest BCUT2D eigenvalue weighted by Gasteiger charge is -2.20. The van der Waals surface area contributed by atoms with Crippen molar-refractivity contribution < 1.29 is 18.7 Å². The number of methoxy groups -OCH3 is 1. The molecule has 0 heterocycles. The van der Waals surface area contributed by atoms with Gasteiger partial charge in [-0.25, -0.2) is 4.39 Å². The smallest absolute Gasteiger partial charge is 0.258 e. The molecule has 0 aliphatic rings. The average molecular weight is 365 g/mol. The first-order chi connectivity index (χ1) is 13.2. The number of hydrogen-bond acceptors (Lipinski definition) is 3. The molecule has 0 aromatic heterocycles. The molecular weight excluding hydrogens is 345 g/mol. The third-order valence-corrected chi connectivity index (χ3v) is 4.07. The number of carbonyl (C=O) groups excluding carboxylic acids is 1. The van der Waals surface area contributed by atoms with E-state index in [0.717, 1.165) is 11.1 Å². The summed E-state index contributed by atoms with van der Waals surface area (Å²) in [6, 6.07) is 22.2. The summed E-state index contributed by atoms with van der Waals surface area (Å²) >= 11 is 0. The van der Waals surface area contributed by atoms with Gasteiger partial charge in [0.05, 0.1) is 13.2 Å². The summed E-state index contributed by atoms with van der Waals surface area (Å²) in [7, 11) is 1.59. The molecule has 0 fully saturated rings. The summed E-state index contributed by atoms with van der Waals surface area (Å²) in [5, 5.41) is 2.95. The van der Waals surface area contributed by atoms with Gasteiger partial charge in [-0.2, -0.15) is 0 Å². The Kier molecular flexibility index (Phi) is 6.05. The van der Waals surface area contributed by atoms with Gasteiger partial charge in [-0.15, -0.1) is 0 Å². The van der Waals surface area contributed by atoms with Gasteiger partial charge in [0, 0.05) is 0 Å². The van der Waals surface area contributed by atoms with Crippen LogP contribution in [0.25, 0.3) is 0 Å². The van der Waals surface area contributed by atoms with Crippen molar-refractivity contribution >= 4 is 5.91 Å². The van der Waals surface area contributed by atoms with Crippen molar-refractivity contribution in [3.63, 3.8) is 0 Å². The first-order valence-corrected chi connectivity index (χ1v) is 8.52. The summed E-state index contributed by atoms with van der Waals surface area (Å²) < 4.78 is 23.9. The second kappa shape index (κ2) is 8.85. The summed E-state index contributed by atoms with van der Waals surface area (Å²) in [6.07, 6.45) is 0. The quantitative estimate of drug-likeness (QED) is 0.685. The zero-order valence-corrected chi connectivity index (χ0v) is 14.9. The van der Waals surface area contributed by atoms with Gasteiger partial charge in [0.2, 0.25) is 0 Å². The highest BCUT2D eigenvalue weighted by atomic mass is 19.1. The van der Waals surface area contributed by atoms with Gasteiger partial charge in [-0.1, -0.05) is 42.5 Å². The van der Waals surface area contributed by atoms with E-state index in [1.54, 1.807) is 43.5 Å². The van der Waals surface area contributed by atoms with E-state index in [2.05, 4.69) is 5.32 Å².